The summed E-state index contributed by atoms with van der Waals surface area (Å²) in [6.45, 7) is 5.52. The number of allylic oxidation sites excluding steroid dienone is 1. The van der Waals surface area contributed by atoms with Crippen molar-refractivity contribution in [3.05, 3.63) is 30.4 Å². The van der Waals surface area contributed by atoms with Gasteiger partial charge in [0.15, 0.2) is 5.69 Å². The van der Waals surface area contributed by atoms with Gasteiger partial charge in [-0.15, -0.1) is 0 Å². The van der Waals surface area contributed by atoms with E-state index in [1.165, 1.54) is 19.5 Å². The fourth-order valence-electron chi connectivity index (χ4n) is 0.758. The highest BCUT2D eigenvalue weighted by Gasteiger charge is 2.06. The zero-order valence-electron chi connectivity index (χ0n) is 7.57. The Morgan fingerprint density at radius 1 is 1.38 bits per heavy atom. The molecule has 68 valence electrons. The molecule has 0 radical (unpaired) electrons. The lowest BCUT2D eigenvalue weighted by Crippen LogP contribution is -2.05. The van der Waals surface area contributed by atoms with E-state index >= 15 is 0 Å². The van der Waals surface area contributed by atoms with Crippen molar-refractivity contribution in [3.8, 4) is 0 Å². The molecule has 0 N–H and O–H groups in total. The van der Waals surface area contributed by atoms with Crippen LogP contribution in [0.5, 0.6) is 0 Å². The second-order valence-corrected chi connectivity index (χ2v) is 2.56. The van der Waals surface area contributed by atoms with Crippen molar-refractivity contribution in [3.63, 3.8) is 0 Å². The van der Waals surface area contributed by atoms with Crippen LogP contribution in [0.15, 0.2) is 19.0 Å². The molecule has 0 spiro atoms. The van der Waals surface area contributed by atoms with Gasteiger partial charge >= 0.3 is 5.97 Å². The van der Waals surface area contributed by atoms with Crippen molar-refractivity contribution >= 4 is 11.5 Å². The first-order valence-electron chi connectivity index (χ1n) is 3.71. The van der Waals surface area contributed by atoms with Crippen LogP contribution in [-0.4, -0.2) is 23.0 Å². The molecule has 1 aromatic heterocycles. The Kier molecular flexibility index (Phi) is 2.74. The van der Waals surface area contributed by atoms with Crippen LogP contribution in [0.1, 0.15) is 23.1 Å². The van der Waals surface area contributed by atoms with Gasteiger partial charge in [-0.1, -0.05) is 6.58 Å². The van der Waals surface area contributed by atoms with E-state index in [0.29, 0.717) is 5.69 Å². The second kappa shape index (κ2) is 3.80. The fraction of sp³-hybridized carbons (Fsp3) is 0.222. The van der Waals surface area contributed by atoms with Crippen LogP contribution < -0.4 is 0 Å². The van der Waals surface area contributed by atoms with Gasteiger partial charge in [0.25, 0.3) is 0 Å². The third kappa shape index (κ3) is 2.11. The Hall–Kier alpha value is -1.71. The van der Waals surface area contributed by atoms with E-state index in [0.717, 1.165) is 5.57 Å². The van der Waals surface area contributed by atoms with Gasteiger partial charge in [0.1, 0.15) is 0 Å². The van der Waals surface area contributed by atoms with E-state index < -0.39 is 5.97 Å². The van der Waals surface area contributed by atoms with E-state index in [-0.39, 0.29) is 5.69 Å². The fourth-order valence-corrected chi connectivity index (χ4v) is 0.758. The van der Waals surface area contributed by atoms with Crippen molar-refractivity contribution < 1.29 is 9.53 Å². The zero-order chi connectivity index (χ0) is 9.84. The number of carbonyl (C=O) groups is 1. The first kappa shape index (κ1) is 9.38. The Morgan fingerprint density at radius 2 is 1.92 bits per heavy atom. The molecule has 0 unspecified atom stereocenters. The average Bonchev–Trinajstić information content (AvgIpc) is 2.17. The number of ether oxygens (including phenoxy) is 1. The number of methoxy groups -OCH3 is 1. The Balaban J connectivity index is 2.93. The molecule has 1 heterocycles. The predicted molar refractivity (Wildman–Crippen MR) is 48.1 cm³/mol. The molecule has 4 nitrogen and oxygen atoms in total. The Labute approximate surface area is 76.3 Å². The molecule has 0 bridgehead atoms. The molecule has 4 heteroatoms. The molecular formula is C9H10N2O2. The predicted octanol–water partition coefficient (Wildman–Crippen LogP) is 1.30. The van der Waals surface area contributed by atoms with Gasteiger partial charge < -0.3 is 4.74 Å². The maximum absolute atomic E-state index is 10.9. The summed E-state index contributed by atoms with van der Waals surface area (Å²) < 4.78 is 4.47. The van der Waals surface area contributed by atoms with Gasteiger partial charge in [0, 0.05) is 0 Å². The lowest BCUT2D eigenvalue weighted by atomic mass is 10.2. The molecule has 0 aromatic carbocycles. The first-order valence-corrected chi connectivity index (χ1v) is 3.71. The molecule has 0 amide bonds. The molecule has 1 aromatic rings. The zero-order valence-corrected chi connectivity index (χ0v) is 7.57. The van der Waals surface area contributed by atoms with Gasteiger partial charge in [0.05, 0.1) is 25.2 Å². The van der Waals surface area contributed by atoms with Crippen molar-refractivity contribution in [1.29, 1.82) is 0 Å². The number of aromatic nitrogens is 2. The Morgan fingerprint density at radius 3 is 2.31 bits per heavy atom. The molecule has 0 aliphatic heterocycles. The van der Waals surface area contributed by atoms with Crippen molar-refractivity contribution in [2.45, 2.75) is 6.92 Å². The SMILES string of the molecule is C=C(C)c1cnc(C(=O)OC)cn1. The van der Waals surface area contributed by atoms with Gasteiger partial charge in [-0.2, -0.15) is 0 Å². The van der Waals surface area contributed by atoms with Crippen LogP contribution >= 0.6 is 0 Å². The van der Waals surface area contributed by atoms with Crippen molar-refractivity contribution in [2.24, 2.45) is 0 Å². The summed E-state index contributed by atoms with van der Waals surface area (Å²) in [5.41, 5.74) is 1.68. The third-order valence-corrected chi connectivity index (χ3v) is 1.48. The summed E-state index contributed by atoms with van der Waals surface area (Å²) in [7, 11) is 1.30. The summed E-state index contributed by atoms with van der Waals surface area (Å²) in [5.74, 6) is -0.485. The minimum absolute atomic E-state index is 0.201. The molecule has 0 saturated carbocycles. The molecule has 0 atom stereocenters. The minimum atomic E-state index is -0.485. The highest BCUT2D eigenvalue weighted by Crippen LogP contribution is 2.06. The number of esters is 1. The molecule has 0 aliphatic carbocycles. The van der Waals surface area contributed by atoms with Crippen molar-refractivity contribution in [2.75, 3.05) is 7.11 Å². The van der Waals surface area contributed by atoms with Gasteiger partial charge in [-0.25, -0.2) is 9.78 Å². The summed E-state index contributed by atoms with van der Waals surface area (Å²) in [6, 6.07) is 0. The Bertz CT molecular complexity index is 330. The van der Waals surface area contributed by atoms with Crippen LogP contribution in [0.3, 0.4) is 0 Å². The molecule has 0 aliphatic rings. The van der Waals surface area contributed by atoms with Gasteiger partial charge in [-0.3, -0.25) is 4.98 Å². The smallest absolute Gasteiger partial charge is 0.358 e. The molecule has 0 saturated heterocycles. The normalized spacial score (nSPS) is 9.38. The number of nitrogens with zero attached hydrogens (tertiary/aromatic N) is 2. The summed E-state index contributed by atoms with van der Waals surface area (Å²) in [6.07, 6.45) is 2.87. The molecule has 0 fully saturated rings. The van der Waals surface area contributed by atoms with Crippen LogP contribution in [-0.2, 0) is 4.74 Å². The summed E-state index contributed by atoms with van der Waals surface area (Å²) in [4.78, 5) is 18.8. The largest absolute Gasteiger partial charge is 0.464 e. The topological polar surface area (TPSA) is 52.1 Å². The maximum Gasteiger partial charge on any atom is 0.358 e. The van der Waals surface area contributed by atoms with Gasteiger partial charge in [0.2, 0.25) is 0 Å². The number of carbonyl (C=O) groups excluding carboxylic acids is 1. The van der Waals surface area contributed by atoms with Crippen LogP contribution in [0.4, 0.5) is 0 Å². The molecular weight excluding hydrogens is 168 g/mol. The van der Waals surface area contributed by atoms with Crippen molar-refractivity contribution in [1.82, 2.24) is 9.97 Å². The van der Waals surface area contributed by atoms with E-state index in [2.05, 4.69) is 21.3 Å². The lowest BCUT2D eigenvalue weighted by molar-refractivity contribution is 0.0593. The summed E-state index contributed by atoms with van der Waals surface area (Å²) in [5, 5.41) is 0. The minimum Gasteiger partial charge on any atom is -0.464 e. The van der Waals surface area contributed by atoms with E-state index in [1.807, 2.05) is 6.92 Å². The highest BCUT2D eigenvalue weighted by atomic mass is 16.5. The van der Waals surface area contributed by atoms with E-state index in [4.69, 9.17) is 0 Å². The monoisotopic (exact) mass is 178 g/mol. The number of hydrogen-bond acceptors (Lipinski definition) is 4. The van der Waals surface area contributed by atoms with E-state index in [1.54, 1.807) is 0 Å². The van der Waals surface area contributed by atoms with Crippen LogP contribution in [0, 0.1) is 0 Å². The quantitative estimate of drug-likeness (QED) is 0.640. The highest BCUT2D eigenvalue weighted by molar-refractivity contribution is 5.86. The standard InChI is InChI=1S/C9H10N2O2/c1-6(2)7-4-11-8(5-10-7)9(12)13-3/h4-5H,1H2,2-3H3. The number of hydrogen-bond donors (Lipinski definition) is 0. The molecule has 1 rings (SSSR count). The van der Waals surface area contributed by atoms with Crippen LogP contribution in [0.2, 0.25) is 0 Å². The maximum atomic E-state index is 10.9. The first-order chi connectivity index (χ1) is 6.15. The molecule has 13 heavy (non-hydrogen) atoms. The average molecular weight is 178 g/mol. The number of rotatable bonds is 2. The van der Waals surface area contributed by atoms with Gasteiger partial charge in [-0.05, 0) is 12.5 Å². The van der Waals surface area contributed by atoms with E-state index in [9.17, 15) is 4.79 Å². The van der Waals surface area contributed by atoms with Crippen LogP contribution in [0.25, 0.3) is 5.57 Å². The lowest BCUT2D eigenvalue weighted by Gasteiger charge is -1.99. The second-order valence-electron chi connectivity index (χ2n) is 2.56. The summed E-state index contributed by atoms with van der Waals surface area (Å²) >= 11 is 0. The third-order valence-electron chi connectivity index (χ3n) is 1.48.